The number of fused-ring (bicyclic) bond motifs is 1. The van der Waals surface area contributed by atoms with Gasteiger partial charge in [-0.2, -0.15) is 0 Å². The van der Waals surface area contributed by atoms with Crippen LogP contribution in [0.2, 0.25) is 0 Å². The van der Waals surface area contributed by atoms with E-state index in [1.54, 1.807) is 0 Å². The fourth-order valence-corrected chi connectivity index (χ4v) is 2.70. The first kappa shape index (κ1) is 18.3. The van der Waals surface area contributed by atoms with Gasteiger partial charge in [-0.25, -0.2) is 4.79 Å². The molecule has 2 aromatic carbocycles. The molecule has 0 aromatic heterocycles. The van der Waals surface area contributed by atoms with Gasteiger partial charge in [0.15, 0.2) is 13.2 Å². The van der Waals surface area contributed by atoms with Crippen LogP contribution in [-0.4, -0.2) is 25.0 Å². The molecule has 3 rings (SSSR count). The highest BCUT2D eigenvalue weighted by molar-refractivity contribution is 5.99. The number of nitrogens with one attached hydrogen (secondary N) is 2. The number of carbonyl (C=O) groups is 2. The van der Waals surface area contributed by atoms with Crippen LogP contribution in [0.15, 0.2) is 54.0 Å². The SMILES string of the molecule is Cc1cccc(C)c1OCC(=O)OCC(=O)C(N)=C1Nc2ccccc2N1. The van der Waals surface area contributed by atoms with E-state index in [1.165, 1.54) is 0 Å². The van der Waals surface area contributed by atoms with Crippen LogP contribution in [0.1, 0.15) is 11.1 Å². The number of anilines is 2. The van der Waals surface area contributed by atoms with Crippen molar-refractivity contribution in [3.63, 3.8) is 0 Å². The van der Waals surface area contributed by atoms with Gasteiger partial charge in [-0.3, -0.25) is 4.79 Å². The Balaban J connectivity index is 1.52. The number of Topliss-reactive ketones (excluding diaryl/α,β-unsaturated/α-hetero) is 1. The lowest BCUT2D eigenvalue weighted by Gasteiger charge is -2.11. The lowest BCUT2D eigenvalue weighted by atomic mass is 10.1. The predicted octanol–water partition coefficient (Wildman–Crippen LogP) is 2.46. The molecule has 1 aliphatic rings. The zero-order valence-corrected chi connectivity index (χ0v) is 15.2. The summed E-state index contributed by atoms with van der Waals surface area (Å²) >= 11 is 0. The summed E-state index contributed by atoms with van der Waals surface area (Å²) in [5.41, 5.74) is 9.33. The molecule has 2 aromatic rings. The van der Waals surface area contributed by atoms with Crippen molar-refractivity contribution in [1.82, 2.24) is 0 Å². The maximum atomic E-state index is 12.2. The minimum atomic E-state index is -0.639. The minimum absolute atomic E-state index is 0.0327. The maximum absolute atomic E-state index is 12.2. The van der Waals surface area contributed by atoms with Crippen LogP contribution in [0.25, 0.3) is 0 Å². The standard InChI is InChI=1S/C20H21N3O4/c1-12-6-5-7-13(2)19(12)27-11-17(25)26-10-16(24)18(21)20-22-14-8-3-4-9-15(14)23-20/h3-9,22-23H,10-11,21H2,1-2H3. The van der Waals surface area contributed by atoms with Gasteiger partial charge in [0, 0.05) is 0 Å². The van der Waals surface area contributed by atoms with E-state index in [9.17, 15) is 9.59 Å². The number of benzene rings is 2. The van der Waals surface area contributed by atoms with Crippen LogP contribution in [0.5, 0.6) is 5.75 Å². The number of para-hydroxylation sites is 3. The smallest absolute Gasteiger partial charge is 0.344 e. The molecule has 0 unspecified atom stereocenters. The molecule has 0 radical (unpaired) electrons. The second-order valence-electron chi connectivity index (χ2n) is 6.18. The van der Waals surface area contributed by atoms with Crippen LogP contribution < -0.4 is 21.1 Å². The third-order valence-electron chi connectivity index (χ3n) is 4.12. The normalized spacial score (nSPS) is 11.9. The number of ether oxygens (including phenoxy) is 2. The number of aryl methyl sites for hydroxylation is 2. The Bertz CT molecular complexity index is 874. The number of esters is 1. The minimum Gasteiger partial charge on any atom is -0.481 e. The van der Waals surface area contributed by atoms with Gasteiger partial charge in [0.1, 0.15) is 17.3 Å². The number of hydrogen-bond donors (Lipinski definition) is 3. The van der Waals surface area contributed by atoms with Crippen molar-refractivity contribution >= 4 is 23.1 Å². The number of carbonyl (C=O) groups excluding carboxylic acids is 2. The van der Waals surface area contributed by atoms with E-state index in [1.807, 2.05) is 56.3 Å². The summed E-state index contributed by atoms with van der Waals surface area (Å²) in [7, 11) is 0. The first-order chi connectivity index (χ1) is 13.0. The van der Waals surface area contributed by atoms with Crippen LogP contribution >= 0.6 is 0 Å². The molecular formula is C20H21N3O4. The lowest BCUT2D eigenvalue weighted by molar-refractivity contribution is -0.149. The average molecular weight is 367 g/mol. The van der Waals surface area contributed by atoms with E-state index in [-0.39, 0.29) is 12.3 Å². The molecule has 1 aliphatic heterocycles. The fraction of sp³-hybridized carbons (Fsp3) is 0.200. The fourth-order valence-electron chi connectivity index (χ4n) is 2.70. The summed E-state index contributed by atoms with van der Waals surface area (Å²) in [6, 6.07) is 13.1. The molecule has 0 amide bonds. The molecule has 0 atom stereocenters. The second kappa shape index (κ2) is 7.82. The van der Waals surface area contributed by atoms with Gasteiger partial charge in [-0.05, 0) is 37.1 Å². The van der Waals surface area contributed by atoms with E-state index in [0.29, 0.717) is 11.6 Å². The predicted molar refractivity (Wildman–Crippen MR) is 102 cm³/mol. The number of nitrogens with two attached hydrogens (primary N) is 1. The van der Waals surface area contributed by atoms with E-state index >= 15 is 0 Å². The molecule has 0 fully saturated rings. The van der Waals surface area contributed by atoms with Crippen molar-refractivity contribution in [3.05, 3.63) is 65.1 Å². The Morgan fingerprint density at radius 1 is 0.926 bits per heavy atom. The Labute approximate surface area is 157 Å². The molecule has 27 heavy (non-hydrogen) atoms. The molecule has 0 spiro atoms. The summed E-state index contributed by atoms with van der Waals surface area (Å²) in [5.74, 6) is -0.124. The van der Waals surface area contributed by atoms with Crippen molar-refractivity contribution in [1.29, 1.82) is 0 Å². The van der Waals surface area contributed by atoms with E-state index in [4.69, 9.17) is 15.2 Å². The van der Waals surface area contributed by atoms with E-state index in [2.05, 4.69) is 10.6 Å². The summed E-state index contributed by atoms with van der Waals surface area (Å²) in [5, 5.41) is 6.04. The molecule has 0 saturated carbocycles. The van der Waals surface area contributed by atoms with Crippen molar-refractivity contribution < 1.29 is 19.1 Å². The molecular weight excluding hydrogens is 346 g/mol. The number of rotatable bonds is 6. The highest BCUT2D eigenvalue weighted by atomic mass is 16.6. The molecule has 7 heteroatoms. The maximum Gasteiger partial charge on any atom is 0.344 e. The molecule has 1 heterocycles. The Morgan fingerprint density at radius 3 is 2.11 bits per heavy atom. The van der Waals surface area contributed by atoms with Crippen molar-refractivity contribution in [2.24, 2.45) is 5.73 Å². The van der Waals surface area contributed by atoms with Crippen LogP contribution in [0, 0.1) is 13.8 Å². The highest BCUT2D eigenvalue weighted by Crippen LogP contribution is 2.30. The summed E-state index contributed by atoms with van der Waals surface area (Å²) in [4.78, 5) is 24.1. The zero-order valence-electron chi connectivity index (χ0n) is 15.2. The molecule has 0 bridgehead atoms. The third-order valence-corrected chi connectivity index (χ3v) is 4.12. The van der Waals surface area contributed by atoms with Crippen LogP contribution in [0.4, 0.5) is 11.4 Å². The van der Waals surface area contributed by atoms with E-state index in [0.717, 1.165) is 22.5 Å². The number of ketones is 1. The van der Waals surface area contributed by atoms with Gasteiger partial charge in [-0.1, -0.05) is 30.3 Å². The molecule has 0 aliphatic carbocycles. The van der Waals surface area contributed by atoms with Crippen molar-refractivity contribution in [3.8, 4) is 5.75 Å². The first-order valence-corrected chi connectivity index (χ1v) is 8.46. The largest absolute Gasteiger partial charge is 0.481 e. The summed E-state index contributed by atoms with van der Waals surface area (Å²) < 4.78 is 10.5. The quantitative estimate of drug-likeness (QED) is 0.532. The third kappa shape index (κ3) is 4.20. The van der Waals surface area contributed by atoms with Gasteiger partial charge in [0.25, 0.3) is 0 Å². The molecule has 7 nitrogen and oxygen atoms in total. The average Bonchev–Trinajstić information content (AvgIpc) is 3.09. The van der Waals surface area contributed by atoms with Crippen molar-refractivity contribution in [2.75, 3.05) is 23.8 Å². The first-order valence-electron chi connectivity index (χ1n) is 8.46. The monoisotopic (exact) mass is 367 g/mol. The van der Waals surface area contributed by atoms with Crippen LogP contribution in [0.3, 0.4) is 0 Å². The zero-order chi connectivity index (χ0) is 19.4. The van der Waals surface area contributed by atoms with Crippen LogP contribution in [-0.2, 0) is 14.3 Å². The highest BCUT2D eigenvalue weighted by Gasteiger charge is 2.20. The second-order valence-corrected chi connectivity index (χ2v) is 6.18. The van der Waals surface area contributed by atoms with Gasteiger partial charge in [-0.15, -0.1) is 0 Å². The Morgan fingerprint density at radius 2 is 1.52 bits per heavy atom. The lowest BCUT2D eigenvalue weighted by Crippen LogP contribution is -2.26. The van der Waals surface area contributed by atoms with Gasteiger partial charge in [0.05, 0.1) is 11.4 Å². The molecule has 140 valence electrons. The molecule has 4 N–H and O–H groups in total. The van der Waals surface area contributed by atoms with Gasteiger partial charge >= 0.3 is 5.97 Å². The van der Waals surface area contributed by atoms with E-state index < -0.39 is 18.4 Å². The Hall–Kier alpha value is -3.48. The molecule has 0 saturated heterocycles. The van der Waals surface area contributed by atoms with Gasteiger partial charge in [0.2, 0.25) is 5.78 Å². The number of hydrogen-bond acceptors (Lipinski definition) is 7. The topological polar surface area (TPSA) is 103 Å². The summed E-state index contributed by atoms with van der Waals surface area (Å²) in [6.07, 6.45) is 0. The Kier molecular flexibility index (Phi) is 5.30. The van der Waals surface area contributed by atoms with Gasteiger partial charge < -0.3 is 25.8 Å². The van der Waals surface area contributed by atoms with Crippen molar-refractivity contribution in [2.45, 2.75) is 13.8 Å². The summed E-state index contributed by atoms with van der Waals surface area (Å²) in [6.45, 7) is 3.05.